The summed E-state index contributed by atoms with van der Waals surface area (Å²) >= 11 is 0. The largest absolute Gasteiger partial charge is 0.388 e. The number of primary amides is 1. The second kappa shape index (κ2) is 16.5. The number of rotatable bonds is 13. The van der Waals surface area contributed by atoms with E-state index in [1.165, 1.54) is 37.9 Å². The van der Waals surface area contributed by atoms with Crippen molar-refractivity contribution in [3.63, 3.8) is 0 Å². The summed E-state index contributed by atoms with van der Waals surface area (Å²) in [7, 11) is 1.84. The molecule has 0 spiro atoms. The Morgan fingerprint density at radius 2 is 1.79 bits per heavy atom. The molecule has 8 heteroatoms. The quantitative estimate of drug-likeness (QED) is 0.121. The van der Waals surface area contributed by atoms with Gasteiger partial charge in [0.2, 0.25) is 12.3 Å². The summed E-state index contributed by atoms with van der Waals surface area (Å²) in [6, 6.07) is 14.2. The normalized spacial score (nSPS) is 14.0. The topological polar surface area (TPSA) is 120 Å². The van der Waals surface area contributed by atoms with Crippen LogP contribution in [0.5, 0.6) is 0 Å². The lowest BCUT2D eigenvalue weighted by Crippen LogP contribution is -2.34. The number of carbonyl (C=O) groups is 3. The van der Waals surface area contributed by atoms with Crippen molar-refractivity contribution in [1.82, 2.24) is 15.2 Å². The van der Waals surface area contributed by atoms with E-state index in [9.17, 15) is 14.4 Å². The zero-order valence-corrected chi connectivity index (χ0v) is 26.3. The number of nitrogens with one attached hydrogen (secondary N) is 3. The summed E-state index contributed by atoms with van der Waals surface area (Å²) < 4.78 is 0. The van der Waals surface area contributed by atoms with Crippen LogP contribution in [0.1, 0.15) is 66.2 Å². The van der Waals surface area contributed by atoms with Crippen LogP contribution in [0, 0.1) is 20.8 Å². The van der Waals surface area contributed by atoms with E-state index in [0.29, 0.717) is 11.6 Å². The highest BCUT2D eigenvalue weighted by Gasteiger charge is 2.19. The maximum absolute atomic E-state index is 12.2. The number of allylic oxidation sites excluding steroid dienone is 1. The van der Waals surface area contributed by atoms with Gasteiger partial charge in [0.1, 0.15) is 0 Å². The van der Waals surface area contributed by atoms with Gasteiger partial charge < -0.3 is 26.3 Å². The summed E-state index contributed by atoms with van der Waals surface area (Å²) in [5, 5.41) is 5.93. The number of hydrogen-bond donors (Lipinski definition) is 4. The highest BCUT2D eigenvalue weighted by molar-refractivity contribution is 6.17. The number of H-pyrrole nitrogens is 1. The van der Waals surface area contributed by atoms with Gasteiger partial charge in [0, 0.05) is 47.8 Å². The molecule has 230 valence electrons. The van der Waals surface area contributed by atoms with E-state index in [-0.39, 0.29) is 12.3 Å². The molecule has 1 aromatic heterocycles. The van der Waals surface area contributed by atoms with Crippen LogP contribution in [0.25, 0.3) is 22.8 Å². The van der Waals surface area contributed by atoms with Gasteiger partial charge in [-0.25, -0.2) is 0 Å². The summed E-state index contributed by atoms with van der Waals surface area (Å²) in [5.41, 5.74) is 14.6. The molecule has 1 saturated heterocycles. The molecule has 0 radical (unpaired) electrons. The molecule has 0 saturated carbocycles. The Bertz CT molecular complexity index is 1420. The number of nitrogens with zero attached hydrogens (tertiary/aromatic N) is 1. The number of likely N-dealkylation sites (tertiary alicyclic amines) is 1. The van der Waals surface area contributed by atoms with Crippen LogP contribution in [0.15, 0.2) is 42.5 Å². The molecule has 1 atom stereocenters. The van der Waals surface area contributed by atoms with E-state index in [4.69, 9.17) is 5.73 Å². The van der Waals surface area contributed by atoms with Crippen molar-refractivity contribution >= 4 is 35.9 Å². The molecule has 2 aromatic carbocycles. The van der Waals surface area contributed by atoms with E-state index in [1.807, 2.05) is 69.4 Å². The van der Waals surface area contributed by atoms with Gasteiger partial charge in [-0.15, -0.1) is 0 Å². The zero-order valence-electron chi connectivity index (χ0n) is 26.3. The Morgan fingerprint density at radius 1 is 1.07 bits per heavy atom. The molecule has 8 nitrogen and oxygen atoms in total. The van der Waals surface area contributed by atoms with E-state index in [2.05, 4.69) is 34.4 Å². The minimum absolute atomic E-state index is 0.172. The number of nitrogens with two attached hydrogens (primary N) is 1. The lowest BCUT2D eigenvalue weighted by Gasteiger charge is -2.26. The second-order valence-corrected chi connectivity index (χ2v) is 11.1. The smallest absolute Gasteiger partial charge is 0.221 e. The van der Waals surface area contributed by atoms with Crippen molar-refractivity contribution in [2.24, 2.45) is 5.73 Å². The first-order valence-corrected chi connectivity index (χ1v) is 15.2. The first-order chi connectivity index (χ1) is 20.7. The number of aromatic nitrogens is 1. The van der Waals surface area contributed by atoms with Crippen molar-refractivity contribution in [1.29, 1.82) is 0 Å². The van der Waals surface area contributed by atoms with Gasteiger partial charge in [-0.05, 0) is 99.5 Å². The van der Waals surface area contributed by atoms with Gasteiger partial charge in [0.15, 0.2) is 6.29 Å². The fraction of sp³-hybridized carbons (Fsp3) is 0.400. The number of anilines is 1. The zero-order chi connectivity index (χ0) is 31.4. The van der Waals surface area contributed by atoms with Crippen LogP contribution in [0.3, 0.4) is 0 Å². The number of carbonyl (C=O) groups excluding carboxylic acids is 3. The van der Waals surface area contributed by atoms with Gasteiger partial charge >= 0.3 is 0 Å². The van der Waals surface area contributed by atoms with Gasteiger partial charge in [0.25, 0.3) is 0 Å². The van der Waals surface area contributed by atoms with Gasteiger partial charge in [-0.2, -0.15) is 0 Å². The Labute approximate surface area is 256 Å². The van der Waals surface area contributed by atoms with Crippen molar-refractivity contribution in [2.75, 3.05) is 32.0 Å². The van der Waals surface area contributed by atoms with Crippen LogP contribution in [0.4, 0.5) is 5.69 Å². The summed E-state index contributed by atoms with van der Waals surface area (Å²) in [5.74, 6) is -0.377. The third kappa shape index (κ3) is 8.91. The molecule has 5 N–H and O–H groups in total. The van der Waals surface area contributed by atoms with E-state index >= 15 is 0 Å². The highest BCUT2D eigenvalue weighted by atomic mass is 16.1. The lowest BCUT2D eigenvalue weighted by atomic mass is 9.91. The average molecular weight is 586 g/mol. The average Bonchev–Trinajstić information content (AvgIpc) is 3.63. The van der Waals surface area contributed by atoms with E-state index in [0.717, 1.165) is 70.6 Å². The van der Waals surface area contributed by atoms with Gasteiger partial charge in [0.05, 0.1) is 6.42 Å². The third-order valence-corrected chi connectivity index (χ3v) is 8.35. The number of hydrogen-bond acceptors (Lipinski definition) is 5. The molecule has 1 aliphatic heterocycles. The summed E-state index contributed by atoms with van der Waals surface area (Å²) in [4.78, 5) is 39.5. The molecular formula is C35H47N5O3. The van der Waals surface area contributed by atoms with Crippen LogP contribution >= 0.6 is 0 Å². The molecule has 4 rings (SSSR count). The van der Waals surface area contributed by atoms with Gasteiger partial charge in [-0.3, -0.25) is 14.4 Å². The minimum Gasteiger partial charge on any atom is -0.388 e. The number of aryl methyl sites for hydroxylation is 1. The van der Waals surface area contributed by atoms with Crippen LogP contribution in [-0.4, -0.2) is 61.2 Å². The fourth-order valence-electron chi connectivity index (χ4n) is 5.76. The molecule has 2 amide bonds. The van der Waals surface area contributed by atoms with Crippen molar-refractivity contribution in [2.45, 2.75) is 65.8 Å². The molecule has 1 unspecified atom stereocenters. The van der Waals surface area contributed by atoms with Gasteiger partial charge in [-0.1, -0.05) is 43.3 Å². The SMILES string of the molecule is CCC(CCNC=O)N1CCCC1.CNc1cccc(-c2cccc(CC(N)=O)c2)c1/C(C=O)=C/c1[nH]c(C)c(C)c1C. The Hall–Kier alpha value is -4.17. The molecular weight excluding hydrogens is 538 g/mol. The number of amides is 2. The Balaban J connectivity index is 0.000000326. The van der Waals surface area contributed by atoms with Crippen molar-refractivity contribution in [3.8, 4) is 11.1 Å². The van der Waals surface area contributed by atoms with Crippen molar-refractivity contribution in [3.05, 3.63) is 76.1 Å². The fourth-order valence-corrected chi connectivity index (χ4v) is 5.76. The third-order valence-electron chi connectivity index (χ3n) is 8.35. The predicted octanol–water partition coefficient (Wildman–Crippen LogP) is 5.41. The number of benzene rings is 2. The number of aldehydes is 1. The molecule has 3 aromatic rings. The predicted molar refractivity (Wildman–Crippen MR) is 177 cm³/mol. The second-order valence-electron chi connectivity index (χ2n) is 11.1. The van der Waals surface area contributed by atoms with E-state index < -0.39 is 0 Å². The van der Waals surface area contributed by atoms with Crippen LogP contribution < -0.4 is 16.4 Å². The maximum atomic E-state index is 12.2. The highest BCUT2D eigenvalue weighted by Crippen LogP contribution is 2.36. The standard InChI is InChI=1S/C25H27N3O2.C10H20N2O/c1-15-16(2)23(28-17(15)3)13-20(14-29)25-21(9-6-10-22(25)27-4)19-8-5-7-18(11-19)12-24(26)30;1-2-10(5-6-11-9-13)12-7-3-4-8-12/h5-11,13-14,27-28H,12H2,1-4H3,(H2,26,30);9-10H,2-8H2,1H3,(H,11,13)/b20-13+;. The van der Waals surface area contributed by atoms with E-state index in [1.54, 1.807) is 0 Å². The monoisotopic (exact) mass is 585 g/mol. The first-order valence-electron chi connectivity index (χ1n) is 15.2. The molecule has 0 bridgehead atoms. The molecule has 1 fully saturated rings. The summed E-state index contributed by atoms with van der Waals surface area (Å²) in [6.45, 7) is 11.7. The first kappa shape index (κ1) is 33.3. The maximum Gasteiger partial charge on any atom is 0.221 e. The molecule has 2 heterocycles. The molecule has 0 aliphatic carbocycles. The minimum atomic E-state index is -0.377. The van der Waals surface area contributed by atoms with Crippen molar-refractivity contribution < 1.29 is 14.4 Å². The van der Waals surface area contributed by atoms with Crippen LogP contribution in [-0.2, 0) is 20.8 Å². The molecule has 1 aliphatic rings. The lowest BCUT2D eigenvalue weighted by molar-refractivity contribution is -0.117. The summed E-state index contributed by atoms with van der Waals surface area (Å²) in [6.07, 6.45) is 8.72. The Morgan fingerprint density at radius 3 is 2.37 bits per heavy atom. The molecule has 43 heavy (non-hydrogen) atoms. The number of aromatic amines is 1. The Kier molecular flexibility index (Phi) is 12.8. The van der Waals surface area contributed by atoms with Crippen LogP contribution in [0.2, 0.25) is 0 Å².